The number of benzene rings is 2. The van der Waals surface area contributed by atoms with E-state index < -0.39 is 0 Å². The number of ketones is 1. The molecule has 0 aliphatic heterocycles. The molecule has 0 aliphatic rings. The predicted octanol–water partition coefficient (Wildman–Crippen LogP) is 3.48. The molecule has 0 saturated heterocycles. The summed E-state index contributed by atoms with van der Waals surface area (Å²) < 4.78 is 18.9. The third kappa shape index (κ3) is 3.01. The van der Waals surface area contributed by atoms with Gasteiger partial charge in [0.15, 0.2) is 5.78 Å². The average molecular weight is 269 g/mol. The van der Waals surface area contributed by atoms with Crippen LogP contribution in [0, 0.1) is 17.1 Å². The lowest BCUT2D eigenvalue weighted by Crippen LogP contribution is -2.01. The number of halogens is 1. The fourth-order valence-electron chi connectivity index (χ4n) is 1.79. The van der Waals surface area contributed by atoms with Crippen molar-refractivity contribution < 1.29 is 13.9 Å². The van der Waals surface area contributed by atoms with Crippen molar-refractivity contribution in [1.82, 2.24) is 0 Å². The number of carbonyl (C=O) groups is 1. The standard InChI is InChI=1S/C16H12FNO2/c1-11(19)15-7-6-14(8-13(15)9-18)20-10-12-4-2-3-5-16(12)17/h2-8H,10H2,1H3. The molecular formula is C16H12FNO2. The Kier molecular flexibility index (Phi) is 4.11. The molecule has 2 rings (SSSR count). The van der Waals surface area contributed by atoms with E-state index in [2.05, 4.69) is 0 Å². The summed E-state index contributed by atoms with van der Waals surface area (Å²) in [7, 11) is 0. The Morgan fingerprint density at radius 3 is 2.70 bits per heavy atom. The summed E-state index contributed by atoms with van der Waals surface area (Å²) in [6.45, 7) is 1.47. The molecule has 0 atom stereocenters. The van der Waals surface area contributed by atoms with E-state index in [0.29, 0.717) is 16.9 Å². The SMILES string of the molecule is CC(=O)c1ccc(OCc2ccccc2F)cc1C#N. The van der Waals surface area contributed by atoms with Gasteiger partial charge in [-0.2, -0.15) is 5.26 Å². The molecule has 3 nitrogen and oxygen atoms in total. The lowest BCUT2D eigenvalue weighted by atomic mass is 10.1. The molecule has 0 spiro atoms. The van der Waals surface area contributed by atoms with E-state index in [0.717, 1.165) is 0 Å². The number of hydrogen-bond acceptors (Lipinski definition) is 3. The molecule has 0 fully saturated rings. The van der Waals surface area contributed by atoms with Gasteiger partial charge in [0.05, 0.1) is 5.56 Å². The van der Waals surface area contributed by atoms with Crippen molar-refractivity contribution in [2.24, 2.45) is 0 Å². The zero-order chi connectivity index (χ0) is 14.5. The van der Waals surface area contributed by atoms with Gasteiger partial charge < -0.3 is 4.74 Å². The monoisotopic (exact) mass is 269 g/mol. The first-order chi connectivity index (χ1) is 9.61. The summed E-state index contributed by atoms with van der Waals surface area (Å²) in [5, 5.41) is 9.00. The summed E-state index contributed by atoms with van der Waals surface area (Å²) in [4.78, 5) is 11.3. The van der Waals surface area contributed by atoms with Crippen LogP contribution in [-0.4, -0.2) is 5.78 Å². The Hall–Kier alpha value is -2.67. The van der Waals surface area contributed by atoms with E-state index in [4.69, 9.17) is 10.00 Å². The number of ether oxygens (including phenoxy) is 1. The molecule has 2 aromatic carbocycles. The number of hydrogen-bond donors (Lipinski definition) is 0. The van der Waals surface area contributed by atoms with Crippen molar-refractivity contribution in [2.45, 2.75) is 13.5 Å². The van der Waals surface area contributed by atoms with Gasteiger partial charge in [0, 0.05) is 11.1 Å². The summed E-state index contributed by atoms with van der Waals surface area (Å²) in [6.07, 6.45) is 0. The zero-order valence-corrected chi connectivity index (χ0v) is 10.9. The first-order valence-corrected chi connectivity index (χ1v) is 6.03. The third-order valence-corrected chi connectivity index (χ3v) is 2.84. The maximum atomic E-state index is 13.4. The fraction of sp³-hybridized carbons (Fsp3) is 0.125. The normalized spacial score (nSPS) is 9.85. The van der Waals surface area contributed by atoms with Crippen molar-refractivity contribution in [3.8, 4) is 11.8 Å². The molecule has 100 valence electrons. The van der Waals surface area contributed by atoms with Gasteiger partial charge in [-0.1, -0.05) is 18.2 Å². The Labute approximate surface area is 116 Å². The van der Waals surface area contributed by atoms with Gasteiger partial charge in [-0.15, -0.1) is 0 Å². The summed E-state index contributed by atoms with van der Waals surface area (Å²) >= 11 is 0. The Bertz CT molecular complexity index is 689. The van der Waals surface area contributed by atoms with Gasteiger partial charge >= 0.3 is 0 Å². The molecule has 0 aromatic heterocycles. The molecule has 0 heterocycles. The second-order valence-corrected chi connectivity index (χ2v) is 4.26. The van der Waals surface area contributed by atoms with Gasteiger partial charge in [0.1, 0.15) is 24.2 Å². The summed E-state index contributed by atoms with van der Waals surface area (Å²) in [6, 6.07) is 12.9. The number of carbonyl (C=O) groups excluding carboxylic acids is 1. The topological polar surface area (TPSA) is 50.1 Å². The third-order valence-electron chi connectivity index (χ3n) is 2.84. The molecule has 0 N–H and O–H groups in total. The zero-order valence-electron chi connectivity index (χ0n) is 10.9. The number of nitrogens with zero attached hydrogens (tertiary/aromatic N) is 1. The van der Waals surface area contributed by atoms with Crippen molar-refractivity contribution >= 4 is 5.78 Å². The molecule has 2 aromatic rings. The summed E-state index contributed by atoms with van der Waals surface area (Å²) in [5.74, 6) is -0.0923. The van der Waals surface area contributed by atoms with Crippen molar-refractivity contribution in [2.75, 3.05) is 0 Å². The minimum absolute atomic E-state index is 0.0664. The van der Waals surface area contributed by atoms with E-state index in [9.17, 15) is 9.18 Å². The van der Waals surface area contributed by atoms with E-state index in [1.165, 1.54) is 25.1 Å². The molecule has 0 aliphatic carbocycles. The highest BCUT2D eigenvalue weighted by molar-refractivity contribution is 5.96. The van der Waals surface area contributed by atoms with Crippen molar-refractivity contribution in [3.63, 3.8) is 0 Å². The van der Waals surface area contributed by atoms with Gasteiger partial charge in [-0.3, -0.25) is 4.79 Å². The van der Waals surface area contributed by atoms with E-state index in [1.807, 2.05) is 6.07 Å². The predicted molar refractivity (Wildman–Crippen MR) is 71.9 cm³/mol. The Balaban J connectivity index is 2.17. The minimum atomic E-state index is -0.339. The van der Waals surface area contributed by atoms with Gasteiger partial charge in [0.25, 0.3) is 0 Å². The van der Waals surface area contributed by atoms with E-state index in [-0.39, 0.29) is 23.8 Å². The Morgan fingerprint density at radius 1 is 1.30 bits per heavy atom. The van der Waals surface area contributed by atoms with Crippen LogP contribution in [0.5, 0.6) is 5.75 Å². The van der Waals surface area contributed by atoms with Crippen LogP contribution >= 0.6 is 0 Å². The minimum Gasteiger partial charge on any atom is -0.489 e. The maximum Gasteiger partial charge on any atom is 0.161 e. The summed E-state index contributed by atoms with van der Waals surface area (Å²) in [5.41, 5.74) is 1.04. The smallest absolute Gasteiger partial charge is 0.161 e. The van der Waals surface area contributed by atoms with Crippen LogP contribution in [-0.2, 0) is 6.61 Å². The molecule has 4 heteroatoms. The number of nitriles is 1. The van der Waals surface area contributed by atoms with Crippen molar-refractivity contribution in [1.29, 1.82) is 5.26 Å². The van der Waals surface area contributed by atoms with Gasteiger partial charge in [0.2, 0.25) is 0 Å². The molecule has 0 bridgehead atoms. The van der Waals surface area contributed by atoms with Crippen LogP contribution < -0.4 is 4.74 Å². The van der Waals surface area contributed by atoms with Crippen molar-refractivity contribution in [3.05, 3.63) is 65.0 Å². The highest BCUT2D eigenvalue weighted by Crippen LogP contribution is 2.19. The second-order valence-electron chi connectivity index (χ2n) is 4.26. The van der Waals surface area contributed by atoms with Gasteiger partial charge in [-0.25, -0.2) is 4.39 Å². The number of rotatable bonds is 4. The first kappa shape index (κ1) is 13.8. The fourth-order valence-corrected chi connectivity index (χ4v) is 1.79. The second kappa shape index (κ2) is 5.98. The van der Waals surface area contributed by atoms with E-state index >= 15 is 0 Å². The lowest BCUT2D eigenvalue weighted by Gasteiger charge is -2.08. The largest absolute Gasteiger partial charge is 0.489 e. The molecule has 20 heavy (non-hydrogen) atoms. The first-order valence-electron chi connectivity index (χ1n) is 6.03. The molecule has 0 amide bonds. The van der Waals surface area contributed by atoms with Crippen LogP contribution in [0.1, 0.15) is 28.4 Å². The highest BCUT2D eigenvalue weighted by atomic mass is 19.1. The quantitative estimate of drug-likeness (QED) is 0.798. The maximum absolute atomic E-state index is 13.4. The Morgan fingerprint density at radius 2 is 2.05 bits per heavy atom. The average Bonchev–Trinajstić information content (AvgIpc) is 2.46. The van der Waals surface area contributed by atoms with Crippen LogP contribution in [0.4, 0.5) is 4.39 Å². The van der Waals surface area contributed by atoms with E-state index in [1.54, 1.807) is 24.3 Å². The lowest BCUT2D eigenvalue weighted by molar-refractivity contribution is 0.101. The molecular weight excluding hydrogens is 257 g/mol. The molecule has 0 radical (unpaired) electrons. The number of Topliss-reactive ketones (excluding diaryl/α,β-unsaturated/α-hetero) is 1. The molecule has 0 unspecified atom stereocenters. The van der Waals surface area contributed by atoms with Gasteiger partial charge in [-0.05, 0) is 31.2 Å². The van der Waals surface area contributed by atoms with Crippen LogP contribution in [0.25, 0.3) is 0 Å². The molecule has 0 saturated carbocycles. The van der Waals surface area contributed by atoms with Crippen LogP contribution in [0.15, 0.2) is 42.5 Å². The van der Waals surface area contributed by atoms with Crippen LogP contribution in [0.3, 0.4) is 0 Å². The van der Waals surface area contributed by atoms with Crippen LogP contribution in [0.2, 0.25) is 0 Å². The highest BCUT2D eigenvalue weighted by Gasteiger charge is 2.09.